The van der Waals surface area contributed by atoms with Crippen LogP contribution < -0.4 is 16.0 Å². The number of nitrogens with one attached hydrogen (secondary N) is 3. The lowest BCUT2D eigenvalue weighted by atomic mass is 10.0. The minimum absolute atomic E-state index is 0.00815. The highest BCUT2D eigenvalue weighted by atomic mass is 35.5. The summed E-state index contributed by atoms with van der Waals surface area (Å²) in [6, 6.07) is 6.32. The summed E-state index contributed by atoms with van der Waals surface area (Å²) in [4.78, 5) is 43.8. The molecule has 3 atom stereocenters. The second-order valence-electron chi connectivity index (χ2n) is 8.88. The lowest BCUT2D eigenvalue weighted by molar-refractivity contribution is -0.133. The van der Waals surface area contributed by atoms with E-state index in [9.17, 15) is 14.4 Å². The standard InChI is InChI=1S/C22H31ClN6O3/c1-27-7-9-28(10-8-27)20(30)6-5-18-13-24-21(31)19-12-17(14-29(18)19)26-22(32)25-16-4-2-3-15(23)11-16/h2-4,11,17-19H,5-10,12-14H2,1H3,(H,24,31)(H2,25,26,32). The van der Waals surface area contributed by atoms with Crippen molar-refractivity contribution >= 4 is 35.1 Å². The molecule has 0 spiro atoms. The highest BCUT2D eigenvalue weighted by molar-refractivity contribution is 6.30. The fourth-order valence-electron chi connectivity index (χ4n) is 4.77. The Morgan fingerprint density at radius 1 is 1.22 bits per heavy atom. The molecule has 0 saturated carbocycles. The van der Waals surface area contributed by atoms with E-state index in [1.807, 2.05) is 4.90 Å². The highest BCUT2D eigenvalue weighted by Gasteiger charge is 2.43. The Bertz CT molecular complexity index is 860. The van der Waals surface area contributed by atoms with E-state index in [-0.39, 0.29) is 36.0 Å². The zero-order chi connectivity index (χ0) is 22.7. The summed E-state index contributed by atoms with van der Waals surface area (Å²) in [5.74, 6) is 0.174. The molecule has 3 N–H and O–H groups in total. The van der Waals surface area contributed by atoms with Crippen molar-refractivity contribution in [2.24, 2.45) is 0 Å². The number of hydrogen-bond donors (Lipinski definition) is 3. The molecule has 0 aliphatic carbocycles. The van der Waals surface area contributed by atoms with Crippen LogP contribution in [0.5, 0.6) is 0 Å². The molecule has 32 heavy (non-hydrogen) atoms. The summed E-state index contributed by atoms with van der Waals surface area (Å²) in [6.07, 6.45) is 1.72. The Morgan fingerprint density at radius 2 is 2.00 bits per heavy atom. The second-order valence-corrected chi connectivity index (χ2v) is 9.31. The number of anilines is 1. The molecule has 4 amide bonds. The average Bonchev–Trinajstić information content (AvgIpc) is 3.18. The number of benzene rings is 1. The normalized spacial score (nSPS) is 26.4. The third kappa shape index (κ3) is 5.51. The van der Waals surface area contributed by atoms with Gasteiger partial charge in [-0.3, -0.25) is 14.5 Å². The molecule has 0 radical (unpaired) electrons. The van der Waals surface area contributed by atoms with E-state index in [1.54, 1.807) is 24.3 Å². The van der Waals surface area contributed by atoms with Crippen LogP contribution in [0.2, 0.25) is 5.02 Å². The number of hydrogen-bond acceptors (Lipinski definition) is 5. The van der Waals surface area contributed by atoms with E-state index in [0.29, 0.717) is 43.1 Å². The molecule has 9 nitrogen and oxygen atoms in total. The van der Waals surface area contributed by atoms with Gasteiger partial charge in [0.25, 0.3) is 0 Å². The first-order valence-corrected chi connectivity index (χ1v) is 11.6. The molecule has 1 aromatic rings. The van der Waals surface area contributed by atoms with Crippen LogP contribution in [0.1, 0.15) is 19.3 Å². The number of amides is 4. The molecule has 3 aliphatic heterocycles. The molecule has 3 saturated heterocycles. The number of rotatable bonds is 5. The minimum Gasteiger partial charge on any atom is -0.353 e. The molecule has 3 unspecified atom stereocenters. The molecule has 3 heterocycles. The number of nitrogens with zero attached hydrogens (tertiary/aromatic N) is 3. The number of piperazine rings is 2. The van der Waals surface area contributed by atoms with Gasteiger partial charge in [0.15, 0.2) is 0 Å². The van der Waals surface area contributed by atoms with Crippen LogP contribution in [0.4, 0.5) is 10.5 Å². The van der Waals surface area contributed by atoms with E-state index in [0.717, 1.165) is 26.2 Å². The van der Waals surface area contributed by atoms with Gasteiger partial charge in [0.2, 0.25) is 11.8 Å². The van der Waals surface area contributed by atoms with Gasteiger partial charge in [-0.1, -0.05) is 17.7 Å². The molecule has 3 aliphatic rings. The van der Waals surface area contributed by atoms with Crippen molar-refractivity contribution < 1.29 is 14.4 Å². The fraction of sp³-hybridized carbons (Fsp3) is 0.591. The quantitative estimate of drug-likeness (QED) is 0.605. The van der Waals surface area contributed by atoms with E-state index < -0.39 is 0 Å². The molecule has 0 aromatic heterocycles. The summed E-state index contributed by atoms with van der Waals surface area (Å²) >= 11 is 5.97. The maximum atomic E-state index is 12.6. The van der Waals surface area contributed by atoms with Crippen LogP contribution in [0.3, 0.4) is 0 Å². The smallest absolute Gasteiger partial charge is 0.319 e. The lowest BCUT2D eigenvalue weighted by Crippen LogP contribution is -2.58. The van der Waals surface area contributed by atoms with Gasteiger partial charge in [-0.2, -0.15) is 0 Å². The zero-order valence-electron chi connectivity index (χ0n) is 18.3. The third-order valence-electron chi connectivity index (χ3n) is 6.59. The van der Waals surface area contributed by atoms with Gasteiger partial charge in [-0.25, -0.2) is 4.79 Å². The van der Waals surface area contributed by atoms with Crippen LogP contribution in [0.25, 0.3) is 0 Å². The molecule has 3 fully saturated rings. The van der Waals surface area contributed by atoms with Crippen LogP contribution in [-0.4, -0.2) is 97.0 Å². The van der Waals surface area contributed by atoms with Crippen molar-refractivity contribution in [3.05, 3.63) is 29.3 Å². The second kappa shape index (κ2) is 10.1. The Labute approximate surface area is 193 Å². The van der Waals surface area contributed by atoms with Gasteiger partial charge in [0.1, 0.15) is 0 Å². The maximum Gasteiger partial charge on any atom is 0.319 e. The average molecular weight is 463 g/mol. The Kier molecular flexibility index (Phi) is 7.17. The number of halogens is 1. The van der Waals surface area contributed by atoms with Crippen LogP contribution >= 0.6 is 11.6 Å². The van der Waals surface area contributed by atoms with E-state index in [1.165, 1.54) is 0 Å². The van der Waals surface area contributed by atoms with Crippen molar-refractivity contribution in [2.45, 2.75) is 37.4 Å². The zero-order valence-corrected chi connectivity index (χ0v) is 19.1. The summed E-state index contributed by atoms with van der Waals surface area (Å²) in [5.41, 5.74) is 0.615. The number of carbonyl (C=O) groups excluding carboxylic acids is 3. The first-order valence-electron chi connectivity index (χ1n) is 11.2. The SMILES string of the molecule is CN1CCN(C(=O)CCC2CNC(=O)C3CC(NC(=O)Nc4cccc(Cl)c4)CN23)CC1. The van der Waals surface area contributed by atoms with E-state index in [4.69, 9.17) is 11.6 Å². The molecule has 10 heteroatoms. The predicted molar refractivity (Wildman–Crippen MR) is 123 cm³/mol. The van der Waals surface area contributed by atoms with Crippen molar-refractivity contribution in [3.8, 4) is 0 Å². The maximum absolute atomic E-state index is 12.6. The molecule has 4 rings (SSSR count). The predicted octanol–water partition coefficient (Wildman–Crippen LogP) is 0.957. The topological polar surface area (TPSA) is 97.0 Å². The van der Waals surface area contributed by atoms with Crippen LogP contribution in [0.15, 0.2) is 24.3 Å². The van der Waals surface area contributed by atoms with Gasteiger partial charge >= 0.3 is 6.03 Å². The number of carbonyl (C=O) groups is 3. The Balaban J connectivity index is 1.29. The Hall–Kier alpha value is -2.36. The summed E-state index contributed by atoms with van der Waals surface area (Å²) < 4.78 is 0. The van der Waals surface area contributed by atoms with Crippen LogP contribution in [0, 0.1) is 0 Å². The Morgan fingerprint density at radius 3 is 2.75 bits per heavy atom. The first-order chi connectivity index (χ1) is 15.4. The minimum atomic E-state index is -0.320. The van der Waals surface area contributed by atoms with Crippen molar-refractivity contribution in [1.29, 1.82) is 0 Å². The van der Waals surface area contributed by atoms with Gasteiger partial charge < -0.3 is 25.8 Å². The van der Waals surface area contributed by atoms with Gasteiger partial charge in [-0.15, -0.1) is 0 Å². The van der Waals surface area contributed by atoms with E-state index >= 15 is 0 Å². The molecular formula is C22H31ClN6O3. The van der Waals surface area contributed by atoms with Gasteiger partial charge in [-0.05, 0) is 38.1 Å². The summed E-state index contributed by atoms with van der Waals surface area (Å²) in [6.45, 7) is 4.49. The largest absolute Gasteiger partial charge is 0.353 e. The molecule has 174 valence electrons. The molecule has 1 aromatic carbocycles. The van der Waals surface area contributed by atoms with Gasteiger partial charge in [0.05, 0.1) is 6.04 Å². The number of likely N-dealkylation sites (N-methyl/N-ethyl adjacent to an activating group) is 1. The molecule has 0 bridgehead atoms. The van der Waals surface area contributed by atoms with Crippen molar-refractivity contribution in [2.75, 3.05) is 51.6 Å². The summed E-state index contributed by atoms with van der Waals surface area (Å²) in [7, 11) is 2.07. The number of urea groups is 1. The first kappa shape index (κ1) is 22.8. The fourth-order valence-corrected chi connectivity index (χ4v) is 4.96. The van der Waals surface area contributed by atoms with Crippen LogP contribution in [-0.2, 0) is 9.59 Å². The van der Waals surface area contributed by atoms with Crippen molar-refractivity contribution in [3.63, 3.8) is 0 Å². The number of fused-ring (bicyclic) bond motifs is 1. The van der Waals surface area contributed by atoms with Crippen molar-refractivity contribution in [1.82, 2.24) is 25.3 Å². The summed E-state index contributed by atoms with van der Waals surface area (Å²) in [5, 5.41) is 9.28. The molecular weight excluding hydrogens is 432 g/mol. The van der Waals surface area contributed by atoms with Gasteiger partial charge in [0, 0.05) is 68.5 Å². The lowest BCUT2D eigenvalue weighted by Gasteiger charge is -2.38. The monoisotopic (exact) mass is 462 g/mol. The highest BCUT2D eigenvalue weighted by Crippen LogP contribution is 2.26. The third-order valence-corrected chi connectivity index (χ3v) is 6.82. The van der Waals surface area contributed by atoms with E-state index in [2.05, 4.69) is 32.8 Å².